The van der Waals surface area contributed by atoms with E-state index in [-0.39, 0.29) is 11.6 Å². The van der Waals surface area contributed by atoms with Crippen LogP contribution in [0.25, 0.3) is 10.6 Å². The molecule has 1 aromatic heterocycles. The van der Waals surface area contributed by atoms with Crippen LogP contribution >= 0.6 is 11.3 Å². The lowest BCUT2D eigenvalue weighted by Crippen LogP contribution is -2.12. The number of thiazole rings is 1. The summed E-state index contributed by atoms with van der Waals surface area (Å²) in [5.74, 6) is 0.316. The monoisotopic (exact) mass is 386 g/mol. The van der Waals surface area contributed by atoms with Gasteiger partial charge >= 0.3 is 0 Å². The summed E-state index contributed by atoms with van der Waals surface area (Å²) in [6.45, 7) is 2.52. The molecule has 0 saturated carbocycles. The Balaban J connectivity index is 1.75. The molecule has 1 N–H and O–H groups in total. The molecule has 1 amide bonds. The maximum Gasteiger partial charge on any atom is 0.275 e. The van der Waals surface area contributed by atoms with Crippen molar-refractivity contribution in [2.75, 3.05) is 19.0 Å². The minimum Gasteiger partial charge on any atom is -0.497 e. The lowest BCUT2D eigenvalue weighted by Gasteiger charge is -2.06. The van der Waals surface area contributed by atoms with Crippen molar-refractivity contribution in [1.82, 2.24) is 4.98 Å². The van der Waals surface area contributed by atoms with Gasteiger partial charge in [0.05, 0.1) is 13.7 Å². The van der Waals surface area contributed by atoms with Crippen LogP contribution in [0, 0.1) is 5.82 Å². The van der Waals surface area contributed by atoms with Crippen molar-refractivity contribution in [3.05, 3.63) is 59.4 Å². The van der Waals surface area contributed by atoms with Gasteiger partial charge in [-0.25, -0.2) is 9.37 Å². The molecule has 0 bridgehead atoms. The second kappa shape index (κ2) is 8.64. The number of benzene rings is 2. The Kier molecular flexibility index (Phi) is 6.03. The van der Waals surface area contributed by atoms with Crippen LogP contribution in [-0.4, -0.2) is 24.6 Å². The molecule has 2 aromatic carbocycles. The molecule has 0 spiro atoms. The molecular weight excluding hydrogens is 367 g/mol. The smallest absolute Gasteiger partial charge is 0.275 e. The van der Waals surface area contributed by atoms with Crippen LogP contribution in [0.3, 0.4) is 0 Å². The summed E-state index contributed by atoms with van der Waals surface area (Å²) in [6.07, 6.45) is 0.849. The van der Waals surface area contributed by atoms with E-state index in [1.165, 1.54) is 17.4 Å². The molecule has 0 aliphatic rings. The van der Waals surface area contributed by atoms with Gasteiger partial charge in [-0.2, -0.15) is 0 Å². The highest BCUT2D eigenvalue weighted by atomic mass is 32.1. The van der Waals surface area contributed by atoms with Gasteiger partial charge in [0.1, 0.15) is 28.0 Å². The van der Waals surface area contributed by atoms with Gasteiger partial charge in [0.15, 0.2) is 0 Å². The van der Waals surface area contributed by atoms with Gasteiger partial charge in [-0.15, -0.1) is 11.3 Å². The standard InChI is InChI=1S/C20H19FN2O3S/c1-3-9-26-15-7-8-16(17(21)11-15)20-23-18(12-27-20)19(24)22-13-5-4-6-14(10-13)25-2/h4-8,10-12H,3,9H2,1-2H3,(H,22,24). The van der Waals surface area contributed by atoms with Gasteiger partial charge in [0.25, 0.3) is 5.91 Å². The minimum absolute atomic E-state index is 0.225. The normalized spacial score (nSPS) is 10.5. The van der Waals surface area contributed by atoms with E-state index in [9.17, 15) is 9.18 Å². The Hall–Kier alpha value is -2.93. The molecule has 140 valence electrons. The molecule has 0 aliphatic heterocycles. The molecule has 3 rings (SSSR count). The predicted octanol–water partition coefficient (Wildman–Crippen LogP) is 5.00. The summed E-state index contributed by atoms with van der Waals surface area (Å²) in [6, 6.07) is 11.7. The highest BCUT2D eigenvalue weighted by Gasteiger charge is 2.15. The third-order valence-corrected chi connectivity index (χ3v) is 4.58. The van der Waals surface area contributed by atoms with Gasteiger partial charge in [-0.3, -0.25) is 4.79 Å². The third kappa shape index (κ3) is 4.62. The van der Waals surface area contributed by atoms with E-state index in [0.717, 1.165) is 6.42 Å². The molecule has 5 nitrogen and oxygen atoms in total. The molecule has 0 radical (unpaired) electrons. The van der Waals surface area contributed by atoms with Crippen molar-refractivity contribution in [2.45, 2.75) is 13.3 Å². The number of halogens is 1. The van der Waals surface area contributed by atoms with E-state index in [1.54, 1.807) is 48.9 Å². The van der Waals surface area contributed by atoms with Crippen LogP contribution in [0.1, 0.15) is 23.8 Å². The Labute approximate surface area is 160 Å². The number of carbonyl (C=O) groups is 1. The Morgan fingerprint density at radius 1 is 1.22 bits per heavy atom. The molecular formula is C20H19FN2O3S. The van der Waals surface area contributed by atoms with Crippen LogP contribution in [0.2, 0.25) is 0 Å². The zero-order chi connectivity index (χ0) is 19.2. The van der Waals surface area contributed by atoms with Crippen LogP contribution in [0.15, 0.2) is 47.8 Å². The number of hydrogen-bond acceptors (Lipinski definition) is 5. The number of aromatic nitrogens is 1. The number of nitrogens with zero attached hydrogens (tertiary/aromatic N) is 1. The van der Waals surface area contributed by atoms with E-state index in [1.807, 2.05) is 6.92 Å². The third-order valence-electron chi connectivity index (χ3n) is 3.71. The fourth-order valence-electron chi connectivity index (χ4n) is 2.38. The molecule has 0 atom stereocenters. The Morgan fingerprint density at radius 2 is 2.07 bits per heavy atom. The van der Waals surface area contributed by atoms with E-state index >= 15 is 0 Å². The van der Waals surface area contributed by atoms with Crippen LogP contribution < -0.4 is 14.8 Å². The number of nitrogens with one attached hydrogen (secondary N) is 1. The first-order chi connectivity index (χ1) is 13.1. The first kappa shape index (κ1) is 18.8. The quantitative estimate of drug-likeness (QED) is 0.621. The average Bonchev–Trinajstić information content (AvgIpc) is 3.16. The lowest BCUT2D eigenvalue weighted by molar-refractivity contribution is 0.102. The SMILES string of the molecule is CCCOc1ccc(-c2nc(C(=O)Nc3cccc(OC)c3)cs2)c(F)c1. The molecule has 3 aromatic rings. The number of carbonyl (C=O) groups excluding carboxylic acids is 1. The summed E-state index contributed by atoms with van der Waals surface area (Å²) in [4.78, 5) is 16.7. The number of hydrogen-bond donors (Lipinski definition) is 1. The first-order valence-electron chi connectivity index (χ1n) is 8.44. The van der Waals surface area contributed by atoms with Gasteiger partial charge in [0.2, 0.25) is 0 Å². The highest BCUT2D eigenvalue weighted by Crippen LogP contribution is 2.29. The Morgan fingerprint density at radius 3 is 2.81 bits per heavy atom. The van der Waals surface area contributed by atoms with Crippen molar-refractivity contribution in [1.29, 1.82) is 0 Å². The fraction of sp³-hybridized carbons (Fsp3) is 0.200. The highest BCUT2D eigenvalue weighted by molar-refractivity contribution is 7.13. The lowest BCUT2D eigenvalue weighted by atomic mass is 10.2. The van der Waals surface area contributed by atoms with Crippen molar-refractivity contribution in [3.63, 3.8) is 0 Å². The summed E-state index contributed by atoms with van der Waals surface area (Å²) in [5, 5.41) is 4.79. The largest absolute Gasteiger partial charge is 0.497 e. The molecule has 0 aliphatic carbocycles. The van der Waals surface area contributed by atoms with Gasteiger partial charge in [-0.1, -0.05) is 13.0 Å². The van der Waals surface area contributed by atoms with Crippen molar-refractivity contribution in [3.8, 4) is 22.1 Å². The number of amides is 1. The average molecular weight is 386 g/mol. The van der Waals surface area contributed by atoms with Crippen LogP contribution in [-0.2, 0) is 0 Å². The van der Waals surface area contributed by atoms with Crippen molar-refractivity contribution >= 4 is 22.9 Å². The van der Waals surface area contributed by atoms with Gasteiger partial charge in [-0.05, 0) is 30.7 Å². The number of anilines is 1. The summed E-state index contributed by atoms with van der Waals surface area (Å²) >= 11 is 1.21. The molecule has 0 saturated heterocycles. The summed E-state index contributed by atoms with van der Waals surface area (Å²) in [7, 11) is 1.56. The maximum absolute atomic E-state index is 14.4. The molecule has 0 unspecified atom stereocenters. The fourth-order valence-corrected chi connectivity index (χ4v) is 3.20. The number of ether oxygens (including phenoxy) is 2. The second-order valence-corrected chi connectivity index (χ2v) is 6.57. The second-order valence-electron chi connectivity index (χ2n) is 5.71. The van der Waals surface area contributed by atoms with E-state index in [2.05, 4.69) is 10.3 Å². The maximum atomic E-state index is 14.4. The van der Waals surface area contributed by atoms with E-state index in [4.69, 9.17) is 9.47 Å². The van der Waals surface area contributed by atoms with Crippen LogP contribution in [0.4, 0.5) is 10.1 Å². The Bertz CT molecular complexity index is 942. The summed E-state index contributed by atoms with van der Waals surface area (Å²) in [5.41, 5.74) is 1.16. The predicted molar refractivity (Wildman–Crippen MR) is 104 cm³/mol. The molecule has 1 heterocycles. The first-order valence-corrected chi connectivity index (χ1v) is 9.32. The van der Waals surface area contributed by atoms with Gasteiger partial charge in [0, 0.05) is 28.8 Å². The number of rotatable bonds is 7. The summed E-state index contributed by atoms with van der Waals surface area (Å²) < 4.78 is 24.9. The van der Waals surface area contributed by atoms with Gasteiger partial charge < -0.3 is 14.8 Å². The molecule has 7 heteroatoms. The zero-order valence-corrected chi connectivity index (χ0v) is 15.8. The number of methoxy groups -OCH3 is 1. The minimum atomic E-state index is -0.433. The van der Waals surface area contributed by atoms with Crippen LogP contribution in [0.5, 0.6) is 11.5 Å². The molecule has 0 fully saturated rings. The molecule has 27 heavy (non-hydrogen) atoms. The van der Waals surface area contributed by atoms with Crippen molar-refractivity contribution in [2.24, 2.45) is 0 Å². The van der Waals surface area contributed by atoms with Crippen molar-refractivity contribution < 1.29 is 18.7 Å². The topological polar surface area (TPSA) is 60.5 Å². The van der Waals surface area contributed by atoms with E-state index < -0.39 is 5.82 Å². The van der Waals surface area contributed by atoms with E-state index in [0.29, 0.717) is 34.4 Å². The zero-order valence-electron chi connectivity index (χ0n) is 15.0.